The standard InChI is InChI=1S/C12H18N4O.C4H10/c1-7-4-14-6-9(7)11-15-8(2)10(5-13-3)12(17)16-11;1-4(2)3/h5,7,9,14H,4,6H2,1-3H3,(H,15,16,17);4H,1-3H3/t7?,9-;/m1./s1. The molecular weight excluding hydrogens is 264 g/mol. The monoisotopic (exact) mass is 292 g/mol. The fraction of sp³-hybridized carbons (Fsp3) is 0.688. The molecule has 0 bridgehead atoms. The van der Waals surface area contributed by atoms with Crippen LogP contribution in [0.15, 0.2) is 9.79 Å². The van der Waals surface area contributed by atoms with Crippen molar-refractivity contribution >= 4 is 6.21 Å². The molecule has 0 amide bonds. The Morgan fingerprint density at radius 2 is 1.95 bits per heavy atom. The van der Waals surface area contributed by atoms with Gasteiger partial charge in [-0.15, -0.1) is 0 Å². The topological polar surface area (TPSA) is 70.1 Å². The number of aliphatic imine (C=N–C) groups is 1. The highest BCUT2D eigenvalue weighted by Crippen LogP contribution is 2.24. The van der Waals surface area contributed by atoms with Crippen molar-refractivity contribution in [1.82, 2.24) is 15.3 Å². The molecule has 5 heteroatoms. The van der Waals surface area contributed by atoms with Gasteiger partial charge in [0.15, 0.2) is 0 Å². The summed E-state index contributed by atoms with van der Waals surface area (Å²) in [6.07, 6.45) is 1.56. The Morgan fingerprint density at radius 1 is 1.33 bits per heavy atom. The molecule has 1 fully saturated rings. The number of H-pyrrole nitrogens is 1. The molecule has 2 atom stereocenters. The summed E-state index contributed by atoms with van der Waals surface area (Å²) in [5.74, 6) is 2.43. The maximum absolute atomic E-state index is 11.9. The molecule has 0 spiro atoms. The Bertz CT molecular complexity index is 531. The lowest BCUT2D eigenvalue weighted by atomic mass is 9.97. The van der Waals surface area contributed by atoms with Crippen molar-refractivity contribution in [1.29, 1.82) is 0 Å². The van der Waals surface area contributed by atoms with E-state index in [0.29, 0.717) is 17.4 Å². The van der Waals surface area contributed by atoms with Crippen LogP contribution >= 0.6 is 0 Å². The lowest BCUT2D eigenvalue weighted by molar-refractivity contribution is 0.542. The average Bonchev–Trinajstić information content (AvgIpc) is 2.79. The normalized spacial score (nSPS) is 21.7. The van der Waals surface area contributed by atoms with Crippen molar-refractivity contribution < 1.29 is 0 Å². The molecule has 0 radical (unpaired) electrons. The van der Waals surface area contributed by atoms with Crippen molar-refractivity contribution in [3.63, 3.8) is 0 Å². The van der Waals surface area contributed by atoms with Gasteiger partial charge in [0.25, 0.3) is 5.56 Å². The van der Waals surface area contributed by atoms with Gasteiger partial charge in [-0.2, -0.15) is 0 Å². The second kappa shape index (κ2) is 8.08. The summed E-state index contributed by atoms with van der Waals surface area (Å²) in [6.45, 7) is 12.4. The number of hydrogen-bond donors (Lipinski definition) is 2. The van der Waals surface area contributed by atoms with Crippen molar-refractivity contribution in [3.05, 3.63) is 27.4 Å². The van der Waals surface area contributed by atoms with Crippen LogP contribution in [-0.4, -0.2) is 36.3 Å². The highest BCUT2D eigenvalue weighted by molar-refractivity contribution is 5.80. The Balaban J connectivity index is 0.000000491. The lowest BCUT2D eigenvalue weighted by Crippen LogP contribution is -2.22. The van der Waals surface area contributed by atoms with Gasteiger partial charge in [-0.25, -0.2) is 4.98 Å². The van der Waals surface area contributed by atoms with Gasteiger partial charge < -0.3 is 10.3 Å². The number of rotatable bonds is 2. The first kappa shape index (κ1) is 17.6. The van der Waals surface area contributed by atoms with E-state index in [9.17, 15) is 4.79 Å². The number of aryl methyl sites for hydroxylation is 1. The van der Waals surface area contributed by atoms with Crippen molar-refractivity contribution in [2.24, 2.45) is 16.8 Å². The Morgan fingerprint density at radius 3 is 2.38 bits per heavy atom. The van der Waals surface area contributed by atoms with Crippen LogP contribution in [0.5, 0.6) is 0 Å². The molecule has 0 aliphatic carbocycles. The highest BCUT2D eigenvalue weighted by atomic mass is 16.1. The van der Waals surface area contributed by atoms with Gasteiger partial charge in [0.2, 0.25) is 0 Å². The molecule has 0 aromatic carbocycles. The molecule has 2 rings (SSSR count). The summed E-state index contributed by atoms with van der Waals surface area (Å²) in [6, 6.07) is 0. The van der Waals surface area contributed by atoms with Crippen molar-refractivity contribution in [2.45, 2.75) is 40.5 Å². The SMILES string of the molecule is CC(C)C.CN=Cc1c(C)nc([C@@H]2CNCC2C)[nH]c1=O. The van der Waals surface area contributed by atoms with Crippen LogP contribution in [0.3, 0.4) is 0 Å². The van der Waals surface area contributed by atoms with Crippen LogP contribution in [0.1, 0.15) is 50.7 Å². The molecule has 1 aromatic rings. The maximum Gasteiger partial charge on any atom is 0.259 e. The van der Waals surface area contributed by atoms with E-state index < -0.39 is 0 Å². The first-order valence-corrected chi connectivity index (χ1v) is 7.60. The molecule has 0 saturated carbocycles. The van der Waals surface area contributed by atoms with E-state index >= 15 is 0 Å². The Kier molecular flexibility index (Phi) is 6.75. The van der Waals surface area contributed by atoms with Gasteiger partial charge >= 0.3 is 0 Å². The van der Waals surface area contributed by atoms with Crippen LogP contribution in [0.2, 0.25) is 0 Å². The first-order valence-electron chi connectivity index (χ1n) is 7.60. The molecule has 1 aliphatic rings. The molecule has 1 aromatic heterocycles. The zero-order chi connectivity index (χ0) is 16.0. The van der Waals surface area contributed by atoms with E-state index in [4.69, 9.17) is 0 Å². The molecular formula is C16H28N4O. The zero-order valence-corrected chi connectivity index (χ0v) is 14.0. The molecule has 21 heavy (non-hydrogen) atoms. The molecule has 1 saturated heterocycles. The van der Waals surface area contributed by atoms with Gasteiger partial charge in [-0.05, 0) is 25.3 Å². The summed E-state index contributed by atoms with van der Waals surface area (Å²) >= 11 is 0. The van der Waals surface area contributed by atoms with Crippen LogP contribution < -0.4 is 10.9 Å². The smallest absolute Gasteiger partial charge is 0.259 e. The second-order valence-electron chi connectivity index (χ2n) is 6.31. The molecule has 1 unspecified atom stereocenters. The average molecular weight is 292 g/mol. The third-order valence-electron chi connectivity index (χ3n) is 3.29. The maximum atomic E-state index is 11.9. The van der Waals surface area contributed by atoms with Crippen LogP contribution in [0.4, 0.5) is 0 Å². The van der Waals surface area contributed by atoms with E-state index in [1.807, 2.05) is 6.92 Å². The number of hydrogen-bond acceptors (Lipinski definition) is 4. The molecule has 2 N–H and O–H groups in total. The van der Waals surface area contributed by atoms with Gasteiger partial charge in [-0.3, -0.25) is 9.79 Å². The summed E-state index contributed by atoms with van der Waals surface area (Å²) in [5.41, 5.74) is 1.19. The van der Waals surface area contributed by atoms with Crippen LogP contribution in [0.25, 0.3) is 0 Å². The molecule has 5 nitrogen and oxygen atoms in total. The van der Waals surface area contributed by atoms with Gasteiger partial charge in [0, 0.05) is 25.7 Å². The predicted octanol–water partition coefficient (Wildman–Crippen LogP) is 2.11. The minimum Gasteiger partial charge on any atom is -0.316 e. The Hall–Kier alpha value is -1.49. The first-order chi connectivity index (χ1) is 9.86. The fourth-order valence-electron chi connectivity index (χ4n) is 2.25. The number of nitrogens with one attached hydrogen (secondary N) is 2. The highest BCUT2D eigenvalue weighted by Gasteiger charge is 2.27. The van der Waals surface area contributed by atoms with Crippen molar-refractivity contribution in [2.75, 3.05) is 20.1 Å². The van der Waals surface area contributed by atoms with Gasteiger partial charge in [0.05, 0.1) is 11.3 Å². The number of nitrogens with zero attached hydrogens (tertiary/aromatic N) is 2. The fourth-order valence-corrected chi connectivity index (χ4v) is 2.25. The zero-order valence-electron chi connectivity index (χ0n) is 14.0. The summed E-state index contributed by atoms with van der Waals surface area (Å²) in [5, 5.41) is 3.31. The lowest BCUT2D eigenvalue weighted by Gasteiger charge is -2.14. The molecule has 2 heterocycles. The minimum absolute atomic E-state index is 0.0998. The molecule has 118 valence electrons. The van der Waals surface area contributed by atoms with E-state index in [1.165, 1.54) is 0 Å². The van der Waals surface area contributed by atoms with Gasteiger partial charge in [0.1, 0.15) is 5.82 Å². The minimum atomic E-state index is -0.0998. The Labute approximate surface area is 127 Å². The predicted molar refractivity (Wildman–Crippen MR) is 88.4 cm³/mol. The van der Waals surface area contributed by atoms with E-state index in [2.05, 4.69) is 48.0 Å². The van der Waals surface area contributed by atoms with Crippen LogP contribution in [0, 0.1) is 18.8 Å². The summed E-state index contributed by atoms with van der Waals surface area (Å²) in [4.78, 5) is 23.2. The van der Waals surface area contributed by atoms with Gasteiger partial charge in [-0.1, -0.05) is 27.7 Å². The summed E-state index contributed by atoms with van der Waals surface area (Å²) < 4.78 is 0. The largest absolute Gasteiger partial charge is 0.316 e. The van der Waals surface area contributed by atoms with E-state index in [0.717, 1.165) is 30.5 Å². The number of aromatic amines is 1. The molecule has 1 aliphatic heterocycles. The second-order valence-corrected chi connectivity index (χ2v) is 6.31. The summed E-state index contributed by atoms with van der Waals surface area (Å²) in [7, 11) is 1.65. The van der Waals surface area contributed by atoms with E-state index in [1.54, 1.807) is 13.3 Å². The van der Waals surface area contributed by atoms with E-state index in [-0.39, 0.29) is 5.56 Å². The quantitative estimate of drug-likeness (QED) is 0.820. The van der Waals surface area contributed by atoms with Crippen LogP contribution in [-0.2, 0) is 0 Å². The van der Waals surface area contributed by atoms with Crippen molar-refractivity contribution in [3.8, 4) is 0 Å². The third-order valence-corrected chi connectivity index (χ3v) is 3.29. The third kappa shape index (κ3) is 5.08. The number of aromatic nitrogens is 2.